The molecule has 150 valence electrons. The summed E-state index contributed by atoms with van der Waals surface area (Å²) in [6.45, 7) is 5.01. The topological polar surface area (TPSA) is 67.8 Å². The molecule has 2 heterocycles. The largest absolute Gasteiger partial charge is 0.495 e. The maximum absolute atomic E-state index is 13.4. The zero-order valence-electron chi connectivity index (χ0n) is 16.9. The Kier molecular flexibility index (Phi) is 6.17. The average molecular weight is 421 g/mol. The van der Waals surface area contributed by atoms with Crippen LogP contribution in [0.25, 0.3) is 10.2 Å². The van der Waals surface area contributed by atoms with Gasteiger partial charge in [-0.3, -0.25) is 9.69 Å². The van der Waals surface area contributed by atoms with E-state index in [1.807, 2.05) is 45.0 Å². The molecule has 0 atom stereocenters. The number of anilines is 1. The number of methoxy groups -OCH3 is 2. The molecule has 28 heavy (non-hydrogen) atoms. The summed E-state index contributed by atoms with van der Waals surface area (Å²) < 4.78 is 11.8. The summed E-state index contributed by atoms with van der Waals surface area (Å²) in [6.07, 6.45) is 0. The van der Waals surface area contributed by atoms with Gasteiger partial charge in [0.15, 0.2) is 5.13 Å². The molecule has 3 rings (SSSR count). The lowest BCUT2D eigenvalue weighted by Gasteiger charge is -2.21. The Morgan fingerprint density at radius 3 is 2.29 bits per heavy atom. The van der Waals surface area contributed by atoms with E-state index < -0.39 is 0 Å². The second-order valence-electron chi connectivity index (χ2n) is 6.55. The van der Waals surface area contributed by atoms with E-state index in [2.05, 4.69) is 4.98 Å². The van der Waals surface area contributed by atoms with Crippen LogP contribution in [-0.4, -0.2) is 62.2 Å². The summed E-state index contributed by atoms with van der Waals surface area (Å²) >= 11 is 2.84. The minimum absolute atomic E-state index is 0.0815. The standard InChI is InChI=1S/C19H24N4O3S2/c1-11-16(27-12(2)20-11)18(24)23(10-9-22(3)4)19-21-15-13(25-5)7-8-14(26-6)17(15)28-19/h7-8H,9-10H2,1-6H3. The predicted molar refractivity (Wildman–Crippen MR) is 115 cm³/mol. The Balaban J connectivity index is 2.09. The zero-order valence-corrected chi connectivity index (χ0v) is 18.5. The minimum Gasteiger partial charge on any atom is -0.495 e. The van der Waals surface area contributed by atoms with Crippen LogP contribution < -0.4 is 14.4 Å². The summed E-state index contributed by atoms with van der Waals surface area (Å²) in [5.41, 5.74) is 1.44. The van der Waals surface area contributed by atoms with Gasteiger partial charge in [-0.1, -0.05) is 11.3 Å². The molecule has 0 unspecified atom stereocenters. The van der Waals surface area contributed by atoms with Crippen LogP contribution in [0.4, 0.5) is 5.13 Å². The third-order valence-corrected chi connectivity index (χ3v) is 6.40. The van der Waals surface area contributed by atoms with E-state index >= 15 is 0 Å². The van der Waals surface area contributed by atoms with Crippen molar-refractivity contribution in [3.63, 3.8) is 0 Å². The van der Waals surface area contributed by atoms with Crippen LogP contribution in [-0.2, 0) is 0 Å². The van der Waals surface area contributed by atoms with Crippen molar-refractivity contribution in [1.29, 1.82) is 0 Å². The van der Waals surface area contributed by atoms with E-state index in [4.69, 9.17) is 14.5 Å². The average Bonchev–Trinajstić information content (AvgIpc) is 3.23. The molecular weight excluding hydrogens is 396 g/mol. The Hall–Kier alpha value is -2.23. The van der Waals surface area contributed by atoms with Crippen molar-refractivity contribution in [3.05, 3.63) is 27.7 Å². The van der Waals surface area contributed by atoms with Crippen molar-refractivity contribution in [1.82, 2.24) is 14.9 Å². The van der Waals surface area contributed by atoms with Crippen LogP contribution in [0.5, 0.6) is 11.5 Å². The molecule has 0 aliphatic carbocycles. The Morgan fingerprint density at radius 1 is 1.04 bits per heavy atom. The number of nitrogens with zero attached hydrogens (tertiary/aromatic N) is 4. The van der Waals surface area contributed by atoms with Crippen molar-refractivity contribution in [2.24, 2.45) is 0 Å². The zero-order chi connectivity index (χ0) is 20.4. The number of thiazole rings is 2. The number of carbonyl (C=O) groups excluding carboxylic acids is 1. The number of likely N-dealkylation sites (N-methyl/N-ethyl adjacent to an activating group) is 1. The lowest BCUT2D eigenvalue weighted by atomic mass is 10.3. The summed E-state index contributed by atoms with van der Waals surface area (Å²) in [5, 5.41) is 1.50. The first-order valence-electron chi connectivity index (χ1n) is 8.77. The molecule has 1 aromatic carbocycles. The van der Waals surface area contributed by atoms with Crippen LogP contribution in [0, 0.1) is 13.8 Å². The van der Waals surface area contributed by atoms with E-state index in [-0.39, 0.29) is 5.91 Å². The molecule has 0 saturated carbocycles. The van der Waals surface area contributed by atoms with Gasteiger partial charge in [0.05, 0.1) is 24.9 Å². The maximum Gasteiger partial charge on any atom is 0.272 e. The van der Waals surface area contributed by atoms with Crippen molar-refractivity contribution in [3.8, 4) is 11.5 Å². The summed E-state index contributed by atoms with van der Waals surface area (Å²) in [5.74, 6) is 1.29. The van der Waals surface area contributed by atoms with E-state index in [1.54, 1.807) is 19.1 Å². The maximum atomic E-state index is 13.4. The lowest BCUT2D eigenvalue weighted by molar-refractivity contribution is 0.0988. The molecule has 7 nitrogen and oxygen atoms in total. The quantitative estimate of drug-likeness (QED) is 0.582. The van der Waals surface area contributed by atoms with Crippen LogP contribution in [0.15, 0.2) is 12.1 Å². The number of aromatic nitrogens is 2. The summed E-state index contributed by atoms with van der Waals surface area (Å²) in [6, 6.07) is 3.68. The number of carbonyl (C=O) groups is 1. The Labute approximate surface area is 172 Å². The number of rotatable bonds is 7. The first-order chi connectivity index (χ1) is 13.3. The second-order valence-corrected chi connectivity index (χ2v) is 8.73. The van der Waals surface area contributed by atoms with Gasteiger partial charge in [0.25, 0.3) is 5.91 Å². The summed E-state index contributed by atoms with van der Waals surface area (Å²) in [4.78, 5) is 26.9. The monoisotopic (exact) mass is 420 g/mol. The van der Waals surface area contributed by atoms with E-state index in [1.165, 1.54) is 22.7 Å². The second kappa shape index (κ2) is 8.42. The van der Waals surface area contributed by atoms with Crippen molar-refractivity contribution in [2.45, 2.75) is 13.8 Å². The number of hydrogen-bond donors (Lipinski definition) is 0. The third-order valence-electron chi connectivity index (χ3n) is 4.24. The number of fused-ring (bicyclic) bond motifs is 1. The smallest absolute Gasteiger partial charge is 0.272 e. The number of hydrogen-bond acceptors (Lipinski definition) is 8. The highest BCUT2D eigenvalue weighted by Crippen LogP contribution is 2.40. The van der Waals surface area contributed by atoms with Gasteiger partial charge in [0.2, 0.25) is 0 Å². The molecule has 2 aromatic heterocycles. The van der Waals surface area contributed by atoms with Crippen molar-refractivity contribution < 1.29 is 14.3 Å². The van der Waals surface area contributed by atoms with Gasteiger partial charge >= 0.3 is 0 Å². The lowest BCUT2D eigenvalue weighted by Crippen LogP contribution is -2.36. The van der Waals surface area contributed by atoms with Gasteiger partial charge in [-0.25, -0.2) is 9.97 Å². The number of ether oxygens (including phenoxy) is 2. The molecule has 0 radical (unpaired) electrons. The molecule has 0 saturated heterocycles. The van der Waals surface area contributed by atoms with Crippen LogP contribution in [0.1, 0.15) is 20.4 Å². The number of benzene rings is 1. The van der Waals surface area contributed by atoms with Gasteiger partial charge in [-0.2, -0.15) is 0 Å². The SMILES string of the molecule is COc1ccc(OC)c2sc(N(CCN(C)C)C(=O)c3sc(C)nc3C)nc12. The molecule has 0 bridgehead atoms. The van der Waals surface area contributed by atoms with Crippen LogP contribution in [0.2, 0.25) is 0 Å². The molecule has 0 aliphatic heterocycles. The van der Waals surface area contributed by atoms with Gasteiger partial charge < -0.3 is 14.4 Å². The Bertz CT molecular complexity index is 956. The fraction of sp³-hybridized carbons (Fsp3) is 0.421. The molecular formula is C19H24N4O3S2. The first-order valence-corrected chi connectivity index (χ1v) is 10.4. The third kappa shape index (κ3) is 3.96. The van der Waals surface area contributed by atoms with Crippen LogP contribution >= 0.6 is 22.7 Å². The molecule has 0 fully saturated rings. The van der Waals surface area contributed by atoms with E-state index in [9.17, 15) is 4.79 Å². The van der Waals surface area contributed by atoms with Gasteiger partial charge in [0, 0.05) is 13.1 Å². The minimum atomic E-state index is -0.0815. The van der Waals surface area contributed by atoms with E-state index in [0.29, 0.717) is 40.1 Å². The van der Waals surface area contributed by atoms with Crippen LogP contribution in [0.3, 0.4) is 0 Å². The number of amides is 1. The highest BCUT2D eigenvalue weighted by atomic mass is 32.1. The normalized spacial score (nSPS) is 11.2. The van der Waals surface area contributed by atoms with Gasteiger partial charge in [-0.15, -0.1) is 11.3 Å². The molecule has 0 aliphatic rings. The molecule has 0 spiro atoms. The van der Waals surface area contributed by atoms with Crippen molar-refractivity contribution >= 4 is 43.9 Å². The fourth-order valence-electron chi connectivity index (χ4n) is 2.83. The summed E-state index contributed by atoms with van der Waals surface area (Å²) in [7, 11) is 7.20. The number of aryl methyl sites for hydroxylation is 2. The fourth-order valence-corrected chi connectivity index (χ4v) is 4.79. The highest BCUT2D eigenvalue weighted by Gasteiger charge is 2.26. The predicted octanol–water partition coefficient (Wildman–Crippen LogP) is 3.60. The van der Waals surface area contributed by atoms with Gasteiger partial charge in [0.1, 0.15) is 26.6 Å². The molecule has 0 N–H and O–H groups in total. The Morgan fingerprint density at radius 2 is 1.71 bits per heavy atom. The van der Waals surface area contributed by atoms with E-state index in [0.717, 1.165) is 15.4 Å². The van der Waals surface area contributed by atoms with Crippen molar-refractivity contribution in [2.75, 3.05) is 46.3 Å². The highest BCUT2D eigenvalue weighted by molar-refractivity contribution is 7.23. The molecule has 3 aromatic rings. The molecule has 1 amide bonds. The van der Waals surface area contributed by atoms with Gasteiger partial charge in [-0.05, 0) is 40.1 Å². The molecule has 9 heteroatoms. The first kappa shape index (κ1) is 20.5.